The van der Waals surface area contributed by atoms with Crippen LogP contribution < -0.4 is 0 Å². The van der Waals surface area contributed by atoms with Gasteiger partial charge in [0.2, 0.25) is 0 Å². The average molecular weight is 330 g/mol. The number of halogens is 1. The summed E-state index contributed by atoms with van der Waals surface area (Å²) in [6, 6.07) is 0.00816. The summed E-state index contributed by atoms with van der Waals surface area (Å²) in [6.07, 6.45) is 1.77. The van der Waals surface area contributed by atoms with Crippen LogP contribution in [0, 0.1) is 0 Å². The zero-order chi connectivity index (χ0) is 17.2. The van der Waals surface area contributed by atoms with E-state index in [2.05, 4.69) is 23.6 Å². The predicted octanol–water partition coefficient (Wildman–Crippen LogP) is 1.53. The van der Waals surface area contributed by atoms with Crippen LogP contribution in [0.2, 0.25) is 0 Å². The van der Waals surface area contributed by atoms with E-state index in [1.165, 1.54) is 0 Å². The van der Waals surface area contributed by atoms with E-state index in [4.69, 9.17) is 9.47 Å². The Labute approximate surface area is 143 Å². The average Bonchev–Trinajstić information content (AvgIpc) is 2.48. The van der Waals surface area contributed by atoms with E-state index in [9.17, 15) is 4.39 Å². The summed E-state index contributed by atoms with van der Waals surface area (Å²) >= 11 is 0. The van der Waals surface area contributed by atoms with Crippen molar-refractivity contribution in [3.63, 3.8) is 0 Å². The van der Waals surface area contributed by atoms with Crippen LogP contribution in [0.5, 0.6) is 0 Å². The van der Waals surface area contributed by atoms with Gasteiger partial charge in [0.05, 0.1) is 18.3 Å². The second-order valence-corrected chi connectivity index (χ2v) is 7.13. The van der Waals surface area contributed by atoms with Crippen LogP contribution in [0.4, 0.5) is 4.39 Å². The van der Waals surface area contributed by atoms with Gasteiger partial charge in [-0.3, -0.25) is 9.29 Å². The molecule has 0 aliphatic carbocycles. The van der Waals surface area contributed by atoms with Gasteiger partial charge in [-0.05, 0) is 40.5 Å². The van der Waals surface area contributed by atoms with Crippen molar-refractivity contribution >= 4 is 7.85 Å². The minimum atomic E-state index is -0.796. The molecule has 136 valence electrons. The molecule has 23 heavy (non-hydrogen) atoms. The van der Waals surface area contributed by atoms with Gasteiger partial charge in [-0.15, -0.1) is 0 Å². The van der Waals surface area contributed by atoms with Crippen molar-refractivity contribution in [1.82, 2.24) is 9.80 Å². The molecule has 0 N–H and O–H groups in total. The molecule has 1 rings (SSSR count). The van der Waals surface area contributed by atoms with Gasteiger partial charge in [-0.2, -0.15) is 0 Å². The van der Waals surface area contributed by atoms with Crippen molar-refractivity contribution in [3.8, 4) is 0 Å². The van der Waals surface area contributed by atoms with E-state index in [-0.39, 0.29) is 12.1 Å². The van der Waals surface area contributed by atoms with Crippen molar-refractivity contribution in [2.75, 3.05) is 45.9 Å². The predicted molar refractivity (Wildman–Crippen MR) is 96.7 cm³/mol. The van der Waals surface area contributed by atoms with Crippen LogP contribution in [0.1, 0.15) is 40.5 Å². The smallest absolute Gasteiger partial charge is 0.148 e. The van der Waals surface area contributed by atoms with E-state index in [0.29, 0.717) is 6.10 Å². The van der Waals surface area contributed by atoms with Crippen LogP contribution in [0.15, 0.2) is 0 Å². The molecule has 0 aromatic carbocycles. The van der Waals surface area contributed by atoms with Gasteiger partial charge in [0, 0.05) is 52.0 Å². The zero-order valence-electron chi connectivity index (χ0n) is 15.8. The Kier molecular flexibility index (Phi) is 10.3. The molecule has 0 saturated carbocycles. The van der Waals surface area contributed by atoms with Crippen molar-refractivity contribution in [2.45, 2.75) is 64.9 Å². The molecule has 1 heterocycles. The maximum atomic E-state index is 14.0. The summed E-state index contributed by atoms with van der Waals surface area (Å²) in [5.41, 5.74) is 0. The summed E-state index contributed by atoms with van der Waals surface area (Å²) < 4.78 is 25.2. The van der Waals surface area contributed by atoms with E-state index < -0.39 is 6.07 Å². The third kappa shape index (κ3) is 9.03. The number of rotatable bonds is 11. The van der Waals surface area contributed by atoms with Crippen molar-refractivity contribution in [3.05, 3.63) is 0 Å². The van der Waals surface area contributed by atoms with Crippen molar-refractivity contribution < 1.29 is 13.9 Å². The van der Waals surface area contributed by atoms with Crippen LogP contribution in [-0.4, -0.2) is 87.9 Å². The first kappa shape index (κ1) is 20.9. The number of piperazine rings is 1. The zero-order valence-corrected chi connectivity index (χ0v) is 15.8. The van der Waals surface area contributed by atoms with E-state index in [1.54, 1.807) is 7.85 Å². The summed E-state index contributed by atoms with van der Waals surface area (Å²) in [4.78, 5) is 4.68. The standard InChI is InChI=1S/C17H36BFN2O2/c1-14(2)22-11-5-7-20-9-10-21(16(13-20)17(18)19)8-6-12-23-15(3)4/h14-17H,5-13,18H2,1-4H3. The van der Waals surface area contributed by atoms with Crippen LogP contribution >= 0.6 is 0 Å². The summed E-state index contributed by atoms with van der Waals surface area (Å²) in [5, 5.41) is 0. The maximum Gasteiger partial charge on any atom is 0.148 e. The second kappa shape index (κ2) is 11.4. The highest BCUT2D eigenvalue weighted by Gasteiger charge is 2.30. The molecule has 1 aliphatic rings. The third-order valence-electron chi connectivity index (χ3n) is 4.26. The molecule has 0 aromatic heterocycles. The number of nitrogens with zero attached hydrogens (tertiary/aromatic N) is 2. The first-order valence-corrected chi connectivity index (χ1v) is 9.23. The van der Waals surface area contributed by atoms with E-state index in [0.717, 1.165) is 58.8 Å². The summed E-state index contributed by atoms with van der Waals surface area (Å²) in [7, 11) is 1.69. The highest BCUT2D eigenvalue weighted by atomic mass is 19.1. The minimum absolute atomic E-state index is 0.00816. The lowest BCUT2D eigenvalue weighted by molar-refractivity contribution is 0.0240. The summed E-state index contributed by atoms with van der Waals surface area (Å²) in [5.74, 6) is 0. The molecule has 1 aliphatic heterocycles. The molecule has 6 heteroatoms. The Morgan fingerprint density at radius 1 is 1.00 bits per heavy atom. The van der Waals surface area contributed by atoms with Gasteiger partial charge < -0.3 is 14.4 Å². The largest absolute Gasteiger partial charge is 0.379 e. The van der Waals surface area contributed by atoms with Crippen LogP contribution in [0.3, 0.4) is 0 Å². The van der Waals surface area contributed by atoms with Gasteiger partial charge in [-0.1, -0.05) is 0 Å². The molecule has 4 nitrogen and oxygen atoms in total. The van der Waals surface area contributed by atoms with Gasteiger partial charge in [-0.25, -0.2) is 0 Å². The number of ether oxygens (including phenoxy) is 2. The fraction of sp³-hybridized carbons (Fsp3) is 1.00. The van der Waals surface area contributed by atoms with E-state index in [1.807, 2.05) is 13.8 Å². The second-order valence-electron chi connectivity index (χ2n) is 7.13. The Morgan fingerprint density at radius 3 is 2.09 bits per heavy atom. The Balaban J connectivity index is 2.29. The Morgan fingerprint density at radius 2 is 1.57 bits per heavy atom. The fourth-order valence-electron chi connectivity index (χ4n) is 3.02. The minimum Gasteiger partial charge on any atom is -0.379 e. The molecular formula is C17H36BFN2O2. The van der Waals surface area contributed by atoms with Gasteiger partial charge in [0.1, 0.15) is 7.85 Å². The first-order valence-electron chi connectivity index (χ1n) is 9.23. The van der Waals surface area contributed by atoms with Crippen LogP contribution in [-0.2, 0) is 9.47 Å². The number of hydrogen-bond donors (Lipinski definition) is 0. The quantitative estimate of drug-likeness (QED) is 0.424. The maximum absolute atomic E-state index is 14.0. The van der Waals surface area contributed by atoms with E-state index >= 15 is 0 Å². The number of alkyl halides is 1. The molecule has 0 aromatic rings. The fourth-order valence-corrected chi connectivity index (χ4v) is 3.02. The molecule has 1 fully saturated rings. The molecule has 2 unspecified atom stereocenters. The Hall–Kier alpha value is -0.165. The highest BCUT2D eigenvalue weighted by molar-refractivity contribution is 6.11. The molecule has 0 amide bonds. The first-order chi connectivity index (χ1) is 10.9. The van der Waals surface area contributed by atoms with Gasteiger partial charge in [0.25, 0.3) is 0 Å². The monoisotopic (exact) mass is 330 g/mol. The van der Waals surface area contributed by atoms with Crippen molar-refractivity contribution in [1.29, 1.82) is 0 Å². The highest BCUT2D eigenvalue weighted by Crippen LogP contribution is 2.15. The van der Waals surface area contributed by atoms with Gasteiger partial charge >= 0.3 is 0 Å². The Bertz CT molecular complexity index is 306. The van der Waals surface area contributed by atoms with Crippen LogP contribution in [0.25, 0.3) is 0 Å². The normalized spacial score (nSPS) is 22.1. The number of hydrogen-bond acceptors (Lipinski definition) is 4. The molecule has 1 saturated heterocycles. The van der Waals surface area contributed by atoms with Crippen molar-refractivity contribution in [2.24, 2.45) is 0 Å². The molecule has 0 spiro atoms. The lowest BCUT2D eigenvalue weighted by atomic mass is 9.91. The third-order valence-corrected chi connectivity index (χ3v) is 4.26. The topological polar surface area (TPSA) is 24.9 Å². The lowest BCUT2D eigenvalue weighted by Crippen LogP contribution is -2.57. The lowest BCUT2D eigenvalue weighted by Gasteiger charge is -2.42. The molecular weight excluding hydrogens is 294 g/mol. The van der Waals surface area contributed by atoms with Gasteiger partial charge in [0.15, 0.2) is 0 Å². The molecule has 2 atom stereocenters. The SMILES string of the molecule is BC(F)C1CN(CCCOC(C)C)CCN1CCCOC(C)C. The molecule has 0 bridgehead atoms. The summed E-state index contributed by atoms with van der Waals surface area (Å²) in [6.45, 7) is 14.5. The molecule has 0 radical (unpaired) electrons.